The molecule has 1 spiro atoms. The summed E-state index contributed by atoms with van der Waals surface area (Å²) in [6.07, 6.45) is 0.106. The molecule has 0 aromatic heterocycles. The molecule has 6 heteroatoms. The van der Waals surface area contributed by atoms with Gasteiger partial charge in [0.15, 0.2) is 5.41 Å². The highest BCUT2D eigenvalue weighted by atomic mass is 16.6. The van der Waals surface area contributed by atoms with E-state index in [1.54, 1.807) is 0 Å². The molecule has 1 aliphatic carbocycles. The molecule has 0 aromatic rings. The molecule has 2 atom stereocenters. The van der Waals surface area contributed by atoms with E-state index in [-0.39, 0.29) is 6.42 Å². The normalized spacial score (nSPS) is 49.4. The Balaban J connectivity index is 2.31. The highest BCUT2D eigenvalue weighted by Crippen LogP contribution is 2.75. The zero-order valence-corrected chi connectivity index (χ0v) is 8.66. The summed E-state index contributed by atoms with van der Waals surface area (Å²) in [5.74, 6) is -3.41. The van der Waals surface area contributed by atoms with Crippen LogP contribution in [0.2, 0.25) is 0 Å². The van der Waals surface area contributed by atoms with Gasteiger partial charge < -0.3 is 9.47 Å². The smallest absolute Gasteiger partial charge is 0.333 e. The molecule has 84 valence electrons. The molecule has 0 bridgehead atoms. The molecule has 0 radical (unpaired) electrons. The Bertz CT molecular complexity index is 448. The van der Waals surface area contributed by atoms with E-state index in [1.165, 1.54) is 13.8 Å². The maximum absolute atomic E-state index is 11.7. The minimum atomic E-state index is -1.74. The molecule has 2 saturated heterocycles. The standard InChI is InChI=1S/C10H8O6/c1-8-3-9(2)5(12)16-7(14)10(8,9)6(13)15-4(8)11/h3H2,1-2H3. The van der Waals surface area contributed by atoms with Crippen LogP contribution in [-0.4, -0.2) is 23.9 Å². The molecular formula is C10H8O6. The zero-order valence-electron chi connectivity index (χ0n) is 8.66. The van der Waals surface area contributed by atoms with E-state index >= 15 is 0 Å². The fraction of sp³-hybridized carbons (Fsp3) is 0.600. The fourth-order valence-electron chi connectivity index (χ4n) is 3.46. The Morgan fingerprint density at radius 1 is 0.812 bits per heavy atom. The van der Waals surface area contributed by atoms with Crippen molar-refractivity contribution in [2.75, 3.05) is 0 Å². The van der Waals surface area contributed by atoms with Crippen molar-refractivity contribution in [3.63, 3.8) is 0 Å². The molecule has 0 amide bonds. The van der Waals surface area contributed by atoms with Crippen LogP contribution in [0.5, 0.6) is 0 Å². The molecule has 2 aliphatic heterocycles. The summed E-state index contributed by atoms with van der Waals surface area (Å²) in [4.78, 5) is 46.5. The van der Waals surface area contributed by atoms with Crippen molar-refractivity contribution >= 4 is 23.9 Å². The summed E-state index contributed by atoms with van der Waals surface area (Å²) in [6, 6.07) is 0. The number of carbonyl (C=O) groups excluding carboxylic acids is 4. The van der Waals surface area contributed by atoms with Gasteiger partial charge in [0, 0.05) is 0 Å². The van der Waals surface area contributed by atoms with Crippen LogP contribution < -0.4 is 0 Å². The summed E-state index contributed by atoms with van der Waals surface area (Å²) < 4.78 is 9.02. The second-order valence-electron chi connectivity index (χ2n) is 4.94. The Kier molecular flexibility index (Phi) is 1.22. The lowest BCUT2D eigenvalue weighted by Gasteiger charge is -2.51. The SMILES string of the molecule is CC12CC3(C)C(=O)OC(=O)C13C(=O)OC2=O. The molecule has 16 heavy (non-hydrogen) atoms. The zero-order chi connectivity index (χ0) is 11.9. The Morgan fingerprint density at radius 2 is 1.19 bits per heavy atom. The van der Waals surface area contributed by atoms with Crippen LogP contribution in [0, 0.1) is 16.2 Å². The van der Waals surface area contributed by atoms with Crippen molar-refractivity contribution in [1.82, 2.24) is 0 Å². The molecule has 3 aliphatic rings. The predicted octanol–water partition coefficient (Wildman–Crippen LogP) is -0.444. The second-order valence-corrected chi connectivity index (χ2v) is 4.94. The first-order chi connectivity index (χ1) is 7.30. The number of ether oxygens (including phenoxy) is 2. The first-order valence-corrected chi connectivity index (χ1v) is 4.84. The van der Waals surface area contributed by atoms with Crippen LogP contribution in [0.4, 0.5) is 0 Å². The van der Waals surface area contributed by atoms with Gasteiger partial charge in [-0.05, 0) is 20.3 Å². The van der Waals surface area contributed by atoms with Gasteiger partial charge in [-0.25, -0.2) is 0 Å². The average Bonchev–Trinajstić information content (AvgIpc) is 2.39. The molecular weight excluding hydrogens is 216 g/mol. The summed E-state index contributed by atoms with van der Waals surface area (Å²) in [7, 11) is 0. The Labute approximate surface area is 89.9 Å². The van der Waals surface area contributed by atoms with Gasteiger partial charge in [-0.2, -0.15) is 0 Å². The molecule has 1 saturated carbocycles. The molecule has 0 aromatic carbocycles. The lowest BCUT2D eigenvalue weighted by molar-refractivity contribution is -0.186. The average molecular weight is 224 g/mol. The molecule has 3 rings (SSSR count). The maximum atomic E-state index is 11.7. The summed E-state index contributed by atoms with van der Waals surface area (Å²) in [6.45, 7) is 2.92. The van der Waals surface area contributed by atoms with Crippen LogP contribution in [0.1, 0.15) is 20.3 Å². The van der Waals surface area contributed by atoms with Gasteiger partial charge in [-0.15, -0.1) is 0 Å². The van der Waals surface area contributed by atoms with E-state index < -0.39 is 40.1 Å². The third kappa shape index (κ3) is 0.530. The third-order valence-electron chi connectivity index (χ3n) is 4.25. The third-order valence-corrected chi connectivity index (χ3v) is 4.25. The van der Waals surface area contributed by atoms with Crippen molar-refractivity contribution in [2.24, 2.45) is 16.2 Å². The number of hydrogen-bond acceptors (Lipinski definition) is 6. The van der Waals surface area contributed by atoms with Crippen LogP contribution in [-0.2, 0) is 28.7 Å². The number of esters is 4. The van der Waals surface area contributed by atoms with Crippen LogP contribution in [0.3, 0.4) is 0 Å². The number of cyclic esters (lactones) is 4. The predicted molar refractivity (Wildman–Crippen MR) is 45.5 cm³/mol. The van der Waals surface area contributed by atoms with Gasteiger partial charge in [0.2, 0.25) is 0 Å². The number of rotatable bonds is 0. The summed E-state index contributed by atoms with van der Waals surface area (Å²) in [5.41, 5.74) is -4.24. The topological polar surface area (TPSA) is 86.7 Å². The summed E-state index contributed by atoms with van der Waals surface area (Å²) >= 11 is 0. The van der Waals surface area contributed by atoms with E-state index in [1.807, 2.05) is 0 Å². The van der Waals surface area contributed by atoms with Crippen molar-refractivity contribution < 1.29 is 28.7 Å². The molecule has 2 unspecified atom stereocenters. The van der Waals surface area contributed by atoms with Crippen molar-refractivity contribution in [3.8, 4) is 0 Å². The molecule has 6 nitrogen and oxygen atoms in total. The van der Waals surface area contributed by atoms with E-state index in [9.17, 15) is 19.2 Å². The monoisotopic (exact) mass is 224 g/mol. The highest BCUT2D eigenvalue weighted by molar-refractivity contribution is 6.24. The largest absolute Gasteiger partial charge is 0.392 e. The van der Waals surface area contributed by atoms with E-state index in [0.717, 1.165) is 0 Å². The van der Waals surface area contributed by atoms with Gasteiger partial charge in [-0.3, -0.25) is 19.2 Å². The van der Waals surface area contributed by atoms with E-state index in [2.05, 4.69) is 9.47 Å². The minimum Gasteiger partial charge on any atom is -0.392 e. The Morgan fingerprint density at radius 3 is 1.50 bits per heavy atom. The maximum Gasteiger partial charge on any atom is 0.333 e. The van der Waals surface area contributed by atoms with E-state index in [0.29, 0.717) is 0 Å². The molecule has 0 N–H and O–H groups in total. The van der Waals surface area contributed by atoms with Crippen molar-refractivity contribution in [3.05, 3.63) is 0 Å². The first-order valence-electron chi connectivity index (χ1n) is 4.84. The number of carbonyl (C=O) groups is 4. The molecule has 3 fully saturated rings. The quantitative estimate of drug-likeness (QED) is 0.409. The van der Waals surface area contributed by atoms with Crippen LogP contribution >= 0.6 is 0 Å². The number of hydrogen-bond donors (Lipinski definition) is 0. The minimum absolute atomic E-state index is 0.106. The van der Waals surface area contributed by atoms with Gasteiger partial charge in [0.1, 0.15) is 0 Å². The van der Waals surface area contributed by atoms with Crippen LogP contribution in [0.15, 0.2) is 0 Å². The first kappa shape index (κ1) is 9.50. The second kappa shape index (κ2) is 2.05. The Hall–Kier alpha value is -1.72. The van der Waals surface area contributed by atoms with Gasteiger partial charge >= 0.3 is 23.9 Å². The van der Waals surface area contributed by atoms with Crippen LogP contribution in [0.25, 0.3) is 0 Å². The van der Waals surface area contributed by atoms with Crippen molar-refractivity contribution in [1.29, 1.82) is 0 Å². The molecule has 2 heterocycles. The highest BCUT2D eigenvalue weighted by Gasteiger charge is 2.92. The lowest BCUT2D eigenvalue weighted by atomic mass is 9.39. The van der Waals surface area contributed by atoms with Gasteiger partial charge in [0.05, 0.1) is 10.8 Å². The van der Waals surface area contributed by atoms with Gasteiger partial charge in [-0.1, -0.05) is 0 Å². The fourth-order valence-corrected chi connectivity index (χ4v) is 3.46. The lowest BCUT2D eigenvalue weighted by Crippen LogP contribution is -2.67. The summed E-state index contributed by atoms with van der Waals surface area (Å²) in [5, 5.41) is 0. The van der Waals surface area contributed by atoms with E-state index in [4.69, 9.17) is 0 Å². The van der Waals surface area contributed by atoms with Gasteiger partial charge in [0.25, 0.3) is 0 Å². The van der Waals surface area contributed by atoms with Crippen molar-refractivity contribution in [2.45, 2.75) is 20.3 Å².